The minimum atomic E-state index is -0.454. The fourth-order valence-corrected chi connectivity index (χ4v) is 2.90. The normalized spacial score (nSPS) is 31.6. The second-order valence-corrected chi connectivity index (χ2v) is 4.98. The standard InChI is InChI=1S/C14H20O2/c1-11(15)14(9-5-8-13(14)16)10-12-6-3-2-4-7-12/h2-4,6-7,11,13,15-16H,5,8-10H2,1H3/t11?,13-,14+/m1/s1. The van der Waals surface area contributed by atoms with Crippen LogP contribution in [0.25, 0.3) is 0 Å². The molecule has 2 nitrogen and oxygen atoms in total. The van der Waals surface area contributed by atoms with E-state index in [0.717, 1.165) is 25.7 Å². The number of hydrogen-bond donors (Lipinski definition) is 2. The molecule has 1 aromatic rings. The number of benzene rings is 1. The molecular formula is C14H20O2. The monoisotopic (exact) mass is 220 g/mol. The third kappa shape index (κ3) is 2.00. The average molecular weight is 220 g/mol. The van der Waals surface area contributed by atoms with Crippen LogP contribution < -0.4 is 0 Å². The van der Waals surface area contributed by atoms with Crippen molar-refractivity contribution >= 4 is 0 Å². The Hall–Kier alpha value is -0.860. The minimum absolute atomic E-state index is 0.332. The molecule has 1 fully saturated rings. The third-order valence-corrected chi connectivity index (χ3v) is 3.99. The molecule has 0 spiro atoms. The van der Waals surface area contributed by atoms with Crippen molar-refractivity contribution in [1.82, 2.24) is 0 Å². The Morgan fingerprint density at radius 1 is 1.38 bits per heavy atom. The van der Waals surface area contributed by atoms with Gasteiger partial charge in [-0.25, -0.2) is 0 Å². The van der Waals surface area contributed by atoms with E-state index >= 15 is 0 Å². The topological polar surface area (TPSA) is 40.5 Å². The van der Waals surface area contributed by atoms with Crippen LogP contribution in [0.5, 0.6) is 0 Å². The van der Waals surface area contributed by atoms with Crippen molar-refractivity contribution in [2.45, 2.75) is 44.8 Å². The molecular weight excluding hydrogens is 200 g/mol. The molecule has 3 atom stereocenters. The molecule has 0 radical (unpaired) electrons. The van der Waals surface area contributed by atoms with Crippen molar-refractivity contribution in [2.75, 3.05) is 0 Å². The summed E-state index contributed by atoms with van der Waals surface area (Å²) >= 11 is 0. The molecule has 2 N–H and O–H groups in total. The van der Waals surface area contributed by atoms with E-state index in [1.165, 1.54) is 5.56 Å². The van der Waals surface area contributed by atoms with Crippen LogP contribution in [0.2, 0.25) is 0 Å². The summed E-state index contributed by atoms with van der Waals surface area (Å²) in [5.74, 6) is 0. The molecule has 2 rings (SSSR count). The Balaban J connectivity index is 2.22. The van der Waals surface area contributed by atoms with Crippen molar-refractivity contribution in [3.63, 3.8) is 0 Å². The van der Waals surface area contributed by atoms with Crippen molar-refractivity contribution < 1.29 is 10.2 Å². The molecule has 0 aliphatic heterocycles. The molecule has 0 amide bonds. The second kappa shape index (κ2) is 4.56. The molecule has 2 heteroatoms. The van der Waals surface area contributed by atoms with E-state index in [2.05, 4.69) is 12.1 Å². The van der Waals surface area contributed by atoms with Crippen LogP contribution in [0.3, 0.4) is 0 Å². The van der Waals surface area contributed by atoms with E-state index < -0.39 is 6.10 Å². The first kappa shape index (κ1) is 11.6. The van der Waals surface area contributed by atoms with Gasteiger partial charge in [-0.15, -0.1) is 0 Å². The highest BCUT2D eigenvalue weighted by Gasteiger charge is 2.45. The number of hydrogen-bond acceptors (Lipinski definition) is 2. The van der Waals surface area contributed by atoms with Crippen molar-refractivity contribution in [1.29, 1.82) is 0 Å². The summed E-state index contributed by atoms with van der Waals surface area (Å²) in [5.41, 5.74) is 0.866. The maximum absolute atomic E-state index is 10.1. The van der Waals surface area contributed by atoms with Crippen molar-refractivity contribution in [2.24, 2.45) is 5.41 Å². The smallest absolute Gasteiger partial charge is 0.0624 e. The lowest BCUT2D eigenvalue weighted by molar-refractivity contribution is -0.0421. The summed E-state index contributed by atoms with van der Waals surface area (Å²) in [5, 5.41) is 20.1. The highest BCUT2D eigenvalue weighted by Crippen LogP contribution is 2.43. The Labute approximate surface area is 96.9 Å². The van der Waals surface area contributed by atoms with Gasteiger partial charge in [0, 0.05) is 5.41 Å². The van der Waals surface area contributed by atoms with Gasteiger partial charge in [0.2, 0.25) is 0 Å². The van der Waals surface area contributed by atoms with Gasteiger partial charge in [0.05, 0.1) is 12.2 Å². The first-order valence-corrected chi connectivity index (χ1v) is 6.05. The summed E-state index contributed by atoms with van der Waals surface area (Å²) in [6, 6.07) is 10.1. The first-order chi connectivity index (χ1) is 7.65. The molecule has 1 saturated carbocycles. The van der Waals surface area contributed by atoms with Gasteiger partial charge < -0.3 is 10.2 Å². The summed E-state index contributed by atoms with van der Waals surface area (Å²) < 4.78 is 0. The average Bonchev–Trinajstić information content (AvgIpc) is 2.63. The molecule has 0 saturated heterocycles. The molecule has 1 unspecified atom stereocenters. The summed E-state index contributed by atoms with van der Waals surface area (Å²) in [6.07, 6.45) is 2.70. The highest BCUT2D eigenvalue weighted by atomic mass is 16.3. The zero-order valence-corrected chi connectivity index (χ0v) is 9.76. The molecule has 1 aliphatic carbocycles. The van der Waals surface area contributed by atoms with E-state index in [1.54, 1.807) is 6.92 Å². The Morgan fingerprint density at radius 2 is 2.06 bits per heavy atom. The molecule has 0 aromatic heterocycles. The fourth-order valence-electron chi connectivity index (χ4n) is 2.90. The Morgan fingerprint density at radius 3 is 2.56 bits per heavy atom. The van der Waals surface area contributed by atoms with Gasteiger partial charge in [0.15, 0.2) is 0 Å². The molecule has 1 aromatic carbocycles. The quantitative estimate of drug-likeness (QED) is 0.819. The summed E-state index contributed by atoms with van der Waals surface area (Å²) in [4.78, 5) is 0. The zero-order valence-electron chi connectivity index (χ0n) is 9.76. The van der Waals surface area contributed by atoms with E-state index in [9.17, 15) is 10.2 Å². The molecule has 0 bridgehead atoms. The predicted molar refractivity (Wildman–Crippen MR) is 64.1 cm³/mol. The highest BCUT2D eigenvalue weighted by molar-refractivity contribution is 5.18. The van der Waals surface area contributed by atoms with Gasteiger partial charge in [-0.3, -0.25) is 0 Å². The van der Waals surface area contributed by atoms with Gasteiger partial charge in [0.25, 0.3) is 0 Å². The lowest BCUT2D eigenvalue weighted by atomic mass is 9.74. The second-order valence-electron chi connectivity index (χ2n) is 4.98. The van der Waals surface area contributed by atoms with Crippen molar-refractivity contribution in [3.05, 3.63) is 35.9 Å². The molecule has 88 valence electrons. The van der Waals surface area contributed by atoms with E-state index in [4.69, 9.17) is 0 Å². The van der Waals surface area contributed by atoms with E-state index in [-0.39, 0.29) is 11.5 Å². The number of aliphatic hydroxyl groups excluding tert-OH is 2. The van der Waals surface area contributed by atoms with E-state index in [1.807, 2.05) is 18.2 Å². The van der Waals surface area contributed by atoms with Crippen LogP contribution in [0.4, 0.5) is 0 Å². The third-order valence-electron chi connectivity index (χ3n) is 3.99. The molecule has 0 heterocycles. The predicted octanol–water partition coefficient (Wildman–Crippen LogP) is 2.14. The largest absolute Gasteiger partial charge is 0.393 e. The minimum Gasteiger partial charge on any atom is -0.393 e. The Kier molecular flexibility index (Phi) is 3.31. The van der Waals surface area contributed by atoms with Crippen LogP contribution >= 0.6 is 0 Å². The SMILES string of the molecule is CC(O)[C@@]1(Cc2ccccc2)CCC[C@H]1O. The Bertz CT molecular complexity index is 334. The lowest BCUT2D eigenvalue weighted by Gasteiger charge is -2.36. The summed E-state index contributed by atoms with van der Waals surface area (Å²) in [6.45, 7) is 1.80. The molecule has 16 heavy (non-hydrogen) atoms. The van der Waals surface area contributed by atoms with Crippen LogP contribution in [0, 0.1) is 5.41 Å². The van der Waals surface area contributed by atoms with Crippen LogP contribution in [-0.2, 0) is 6.42 Å². The van der Waals surface area contributed by atoms with E-state index in [0.29, 0.717) is 0 Å². The zero-order chi connectivity index (χ0) is 11.6. The van der Waals surface area contributed by atoms with Gasteiger partial charge in [-0.1, -0.05) is 36.8 Å². The van der Waals surface area contributed by atoms with Gasteiger partial charge >= 0.3 is 0 Å². The van der Waals surface area contributed by atoms with Gasteiger partial charge in [-0.05, 0) is 31.7 Å². The first-order valence-electron chi connectivity index (χ1n) is 6.05. The number of rotatable bonds is 3. The summed E-state index contributed by atoms with van der Waals surface area (Å²) in [7, 11) is 0. The van der Waals surface area contributed by atoms with Crippen molar-refractivity contribution in [3.8, 4) is 0 Å². The fraction of sp³-hybridized carbons (Fsp3) is 0.571. The molecule has 1 aliphatic rings. The maximum atomic E-state index is 10.1. The maximum Gasteiger partial charge on any atom is 0.0624 e. The van der Waals surface area contributed by atoms with Gasteiger partial charge in [0.1, 0.15) is 0 Å². The number of aliphatic hydroxyl groups is 2. The van der Waals surface area contributed by atoms with Gasteiger partial charge in [-0.2, -0.15) is 0 Å². The van der Waals surface area contributed by atoms with Crippen LogP contribution in [0.15, 0.2) is 30.3 Å². The van der Waals surface area contributed by atoms with Crippen LogP contribution in [0.1, 0.15) is 31.7 Å². The lowest BCUT2D eigenvalue weighted by Crippen LogP contribution is -2.42. The van der Waals surface area contributed by atoms with Crippen LogP contribution in [-0.4, -0.2) is 22.4 Å².